The average Bonchev–Trinajstić information content (AvgIpc) is 2.69. The fraction of sp³-hybridized carbons (Fsp3) is 0.500. The van der Waals surface area contributed by atoms with E-state index in [1.54, 1.807) is 11.8 Å². The van der Waals surface area contributed by atoms with Crippen LogP contribution in [0.3, 0.4) is 0 Å². The van der Waals surface area contributed by atoms with E-state index in [1.807, 2.05) is 13.8 Å². The highest BCUT2D eigenvalue weighted by molar-refractivity contribution is 6.31. The summed E-state index contributed by atoms with van der Waals surface area (Å²) in [6.45, 7) is 7.87. The van der Waals surface area contributed by atoms with E-state index in [0.717, 1.165) is 17.5 Å². The fourth-order valence-electron chi connectivity index (χ4n) is 4.24. The van der Waals surface area contributed by atoms with E-state index < -0.39 is 11.6 Å². The molecule has 9 heteroatoms. The minimum atomic E-state index is -0.701. The van der Waals surface area contributed by atoms with E-state index in [4.69, 9.17) is 21.3 Å². The predicted octanol–water partition coefficient (Wildman–Crippen LogP) is 4.10. The topological polar surface area (TPSA) is 58.6 Å². The van der Waals surface area contributed by atoms with Crippen LogP contribution in [0.4, 0.5) is 14.6 Å². The van der Waals surface area contributed by atoms with Crippen LogP contribution in [0.5, 0.6) is 5.75 Å². The molecule has 0 N–H and O–H groups in total. The Kier molecular flexibility index (Phi) is 5.77. The Morgan fingerprint density at radius 3 is 2.58 bits per heavy atom. The SMILES string of the molecule is CC(=O)N1Cc2nc(Cl)c(N3CCC(Oc4ccc(F)cc4F)CC3)nc2C(C)(C)C1. The Labute approximate surface area is 185 Å². The molecule has 4 rings (SSSR count). The second-order valence-corrected chi connectivity index (χ2v) is 9.13. The Hall–Kier alpha value is -2.48. The van der Waals surface area contributed by atoms with Gasteiger partial charge in [-0.3, -0.25) is 4.79 Å². The Balaban J connectivity index is 1.48. The van der Waals surface area contributed by atoms with Gasteiger partial charge in [0.15, 0.2) is 22.5 Å². The van der Waals surface area contributed by atoms with Gasteiger partial charge in [0.2, 0.25) is 5.91 Å². The van der Waals surface area contributed by atoms with Gasteiger partial charge in [-0.1, -0.05) is 25.4 Å². The highest BCUT2D eigenvalue weighted by Gasteiger charge is 2.37. The van der Waals surface area contributed by atoms with Crippen molar-refractivity contribution < 1.29 is 18.3 Å². The van der Waals surface area contributed by atoms with E-state index in [2.05, 4.69) is 9.88 Å². The summed E-state index contributed by atoms with van der Waals surface area (Å²) in [5, 5.41) is 0.309. The first-order valence-electron chi connectivity index (χ1n) is 10.3. The van der Waals surface area contributed by atoms with Crippen LogP contribution in [-0.2, 0) is 16.8 Å². The first kappa shape index (κ1) is 21.7. The molecular formula is C22H25ClF2N4O2. The monoisotopic (exact) mass is 450 g/mol. The zero-order chi connectivity index (χ0) is 22.3. The van der Waals surface area contributed by atoms with Gasteiger partial charge in [0.05, 0.1) is 17.9 Å². The summed E-state index contributed by atoms with van der Waals surface area (Å²) in [7, 11) is 0. The van der Waals surface area contributed by atoms with Gasteiger partial charge in [-0.2, -0.15) is 0 Å². The molecule has 166 valence electrons. The molecule has 1 amide bonds. The average molecular weight is 451 g/mol. The first-order valence-corrected chi connectivity index (χ1v) is 10.7. The molecular weight excluding hydrogens is 426 g/mol. The van der Waals surface area contributed by atoms with E-state index in [-0.39, 0.29) is 23.2 Å². The van der Waals surface area contributed by atoms with Gasteiger partial charge in [-0.05, 0) is 12.1 Å². The number of carbonyl (C=O) groups excluding carboxylic acids is 1. The number of ether oxygens (including phenoxy) is 1. The van der Waals surface area contributed by atoms with Crippen molar-refractivity contribution in [2.45, 2.75) is 51.7 Å². The Morgan fingerprint density at radius 1 is 1.23 bits per heavy atom. The third-order valence-corrected chi connectivity index (χ3v) is 6.10. The molecule has 31 heavy (non-hydrogen) atoms. The maximum Gasteiger partial charge on any atom is 0.219 e. The van der Waals surface area contributed by atoms with Crippen molar-refractivity contribution in [3.8, 4) is 5.75 Å². The lowest BCUT2D eigenvalue weighted by atomic mass is 9.84. The van der Waals surface area contributed by atoms with E-state index in [9.17, 15) is 13.6 Å². The third-order valence-electron chi connectivity index (χ3n) is 5.85. The highest BCUT2D eigenvalue weighted by atomic mass is 35.5. The lowest BCUT2D eigenvalue weighted by Gasteiger charge is -2.39. The summed E-state index contributed by atoms with van der Waals surface area (Å²) in [5.41, 5.74) is 1.24. The zero-order valence-electron chi connectivity index (χ0n) is 17.8. The van der Waals surface area contributed by atoms with Gasteiger partial charge in [-0.15, -0.1) is 0 Å². The third kappa shape index (κ3) is 4.44. The number of aromatic nitrogens is 2. The van der Waals surface area contributed by atoms with E-state index in [1.165, 1.54) is 12.1 Å². The Bertz CT molecular complexity index is 1010. The molecule has 0 saturated carbocycles. The molecule has 0 bridgehead atoms. The van der Waals surface area contributed by atoms with Gasteiger partial charge >= 0.3 is 0 Å². The largest absolute Gasteiger partial charge is 0.487 e. The van der Waals surface area contributed by atoms with Crippen molar-refractivity contribution in [2.75, 3.05) is 24.5 Å². The number of anilines is 1. The number of benzene rings is 1. The van der Waals surface area contributed by atoms with Crippen molar-refractivity contribution >= 4 is 23.3 Å². The Morgan fingerprint density at radius 2 is 1.94 bits per heavy atom. The molecule has 2 aliphatic heterocycles. The van der Waals surface area contributed by atoms with Crippen molar-refractivity contribution in [3.05, 3.63) is 46.4 Å². The number of hydrogen-bond donors (Lipinski definition) is 0. The van der Waals surface area contributed by atoms with Crippen LogP contribution in [0.1, 0.15) is 45.0 Å². The molecule has 1 aromatic carbocycles. The van der Waals surface area contributed by atoms with E-state index >= 15 is 0 Å². The van der Waals surface area contributed by atoms with Crippen LogP contribution < -0.4 is 9.64 Å². The second-order valence-electron chi connectivity index (χ2n) is 8.77. The van der Waals surface area contributed by atoms with Gasteiger partial charge in [0.25, 0.3) is 0 Å². The van der Waals surface area contributed by atoms with Crippen LogP contribution in [0.25, 0.3) is 0 Å². The molecule has 0 radical (unpaired) electrons. The minimum absolute atomic E-state index is 0.000359. The molecule has 0 atom stereocenters. The van der Waals surface area contributed by atoms with Crippen LogP contribution in [0.15, 0.2) is 18.2 Å². The molecule has 3 heterocycles. The fourth-order valence-corrected chi connectivity index (χ4v) is 4.50. The predicted molar refractivity (Wildman–Crippen MR) is 113 cm³/mol. The summed E-state index contributed by atoms with van der Waals surface area (Å²) in [4.78, 5) is 25.1. The number of nitrogens with zero attached hydrogens (tertiary/aromatic N) is 4. The summed E-state index contributed by atoms with van der Waals surface area (Å²) in [5.74, 6) is -0.651. The van der Waals surface area contributed by atoms with Crippen LogP contribution in [-0.4, -0.2) is 46.5 Å². The number of rotatable bonds is 3. The number of carbonyl (C=O) groups is 1. The van der Waals surface area contributed by atoms with Crippen LogP contribution >= 0.6 is 11.6 Å². The molecule has 0 spiro atoms. The van der Waals surface area contributed by atoms with Crippen LogP contribution in [0.2, 0.25) is 5.15 Å². The maximum atomic E-state index is 13.9. The maximum absolute atomic E-state index is 13.9. The molecule has 1 fully saturated rings. The summed E-state index contributed by atoms with van der Waals surface area (Å²) < 4.78 is 32.7. The van der Waals surface area contributed by atoms with E-state index in [0.29, 0.717) is 50.0 Å². The quantitative estimate of drug-likeness (QED) is 0.704. The molecule has 2 aromatic rings. The summed E-state index contributed by atoms with van der Waals surface area (Å²) in [6.07, 6.45) is 1.11. The zero-order valence-corrected chi connectivity index (χ0v) is 18.5. The molecule has 6 nitrogen and oxygen atoms in total. The minimum Gasteiger partial charge on any atom is -0.487 e. The molecule has 1 aromatic heterocycles. The molecule has 1 saturated heterocycles. The molecule has 0 unspecified atom stereocenters. The van der Waals surface area contributed by atoms with Crippen molar-refractivity contribution in [1.82, 2.24) is 14.9 Å². The first-order chi connectivity index (χ1) is 14.6. The van der Waals surface area contributed by atoms with Gasteiger partial charge in [0, 0.05) is 50.9 Å². The molecule has 2 aliphatic rings. The number of halogens is 3. The van der Waals surface area contributed by atoms with Crippen LogP contribution in [0, 0.1) is 11.6 Å². The van der Waals surface area contributed by atoms with Gasteiger partial charge in [-0.25, -0.2) is 18.7 Å². The summed E-state index contributed by atoms with van der Waals surface area (Å²) >= 11 is 6.48. The van der Waals surface area contributed by atoms with Crippen molar-refractivity contribution in [2.24, 2.45) is 0 Å². The highest BCUT2D eigenvalue weighted by Crippen LogP contribution is 2.36. The number of amides is 1. The molecule has 0 aliphatic carbocycles. The number of hydrogen-bond acceptors (Lipinski definition) is 5. The standard InChI is InChI=1S/C22H25ClF2N4O2/c1-13(30)29-11-17-19(22(2,3)12-29)27-21(20(23)26-17)28-8-6-15(7-9-28)31-18-5-4-14(24)10-16(18)25/h4-5,10,15H,6-9,11-12H2,1-3H3. The lowest BCUT2D eigenvalue weighted by Crippen LogP contribution is -2.46. The number of piperidine rings is 1. The summed E-state index contributed by atoms with van der Waals surface area (Å²) in [6, 6.07) is 3.32. The smallest absolute Gasteiger partial charge is 0.219 e. The van der Waals surface area contributed by atoms with Gasteiger partial charge < -0.3 is 14.5 Å². The van der Waals surface area contributed by atoms with Crippen molar-refractivity contribution in [3.63, 3.8) is 0 Å². The van der Waals surface area contributed by atoms with Crippen molar-refractivity contribution in [1.29, 1.82) is 0 Å². The lowest BCUT2D eigenvalue weighted by molar-refractivity contribution is -0.130. The second kappa shape index (κ2) is 8.22. The normalized spacial score (nSPS) is 18.6. The van der Waals surface area contributed by atoms with Gasteiger partial charge in [0.1, 0.15) is 11.9 Å². The number of fused-ring (bicyclic) bond motifs is 1.